The average molecular weight is 400 g/mol. The summed E-state index contributed by atoms with van der Waals surface area (Å²) < 4.78 is 1.81. The van der Waals surface area contributed by atoms with E-state index in [1.54, 1.807) is 0 Å². The summed E-state index contributed by atoms with van der Waals surface area (Å²) in [6, 6.07) is 12.1. The number of hydrogen-bond donors (Lipinski definition) is 0. The van der Waals surface area contributed by atoms with E-state index in [0.29, 0.717) is 6.42 Å². The van der Waals surface area contributed by atoms with Crippen molar-refractivity contribution in [3.63, 3.8) is 0 Å². The number of hydrogen-bond acceptors (Lipinski definition) is 7. The van der Waals surface area contributed by atoms with Gasteiger partial charge in [-0.2, -0.15) is 9.61 Å². The molecule has 0 unspecified atom stereocenters. The van der Waals surface area contributed by atoms with Crippen molar-refractivity contribution in [2.24, 2.45) is 0 Å². The van der Waals surface area contributed by atoms with E-state index in [2.05, 4.69) is 54.2 Å². The molecule has 1 saturated heterocycles. The van der Waals surface area contributed by atoms with Gasteiger partial charge in [-0.1, -0.05) is 18.2 Å². The maximum Gasteiger partial charge on any atom is 0.177 e. The maximum atomic E-state index is 4.63. The van der Waals surface area contributed by atoms with E-state index in [-0.39, 0.29) is 0 Å². The van der Waals surface area contributed by atoms with Gasteiger partial charge < -0.3 is 9.80 Å². The zero-order valence-corrected chi connectivity index (χ0v) is 17.2. The van der Waals surface area contributed by atoms with Crippen LogP contribution in [0.2, 0.25) is 0 Å². The third kappa shape index (κ3) is 3.73. The number of piperazine rings is 1. The summed E-state index contributed by atoms with van der Waals surface area (Å²) in [5.74, 6) is 1.55. The van der Waals surface area contributed by atoms with Crippen LogP contribution in [0.15, 0.2) is 48.8 Å². The number of rotatable bonds is 4. The van der Waals surface area contributed by atoms with Gasteiger partial charge in [0.15, 0.2) is 17.3 Å². The number of likely N-dealkylation sites (N-methyl/N-ethyl adjacent to an activating group) is 1. The highest BCUT2D eigenvalue weighted by Crippen LogP contribution is 2.21. The predicted molar refractivity (Wildman–Crippen MR) is 116 cm³/mol. The molecular formula is C22H24N8. The van der Waals surface area contributed by atoms with E-state index in [1.165, 1.54) is 0 Å². The van der Waals surface area contributed by atoms with Crippen LogP contribution in [-0.4, -0.2) is 67.9 Å². The molecule has 1 aliphatic heterocycles. The van der Waals surface area contributed by atoms with Crippen molar-refractivity contribution in [2.75, 3.05) is 38.1 Å². The highest BCUT2D eigenvalue weighted by molar-refractivity contribution is 5.58. The van der Waals surface area contributed by atoms with E-state index in [9.17, 15) is 0 Å². The number of benzene rings is 1. The third-order valence-electron chi connectivity index (χ3n) is 5.51. The van der Waals surface area contributed by atoms with Crippen molar-refractivity contribution in [1.29, 1.82) is 0 Å². The van der Waals surface area contributed by atoms with Crippen molar-refractivity contribution < 1.29 is 0 Å². The topological polar surface area (TPSA) is 75.3 Å². The van der Waals surface area contributed by atoms with Gasteiger partial charge in [0.2, 0.25) is 0 Å². The molecule has 0 N–H and O–H groups in total. The molecule has 4 heterocycles. The molecule has 30 heavy (non-hydrogen) atoms. The Bertz CT molecular complexity index is 1160. The fraction of sp³-hybridized carbons (Fsp3) is 0.318. The quantitative estimate of drug-likeness (QED) is 0.520. The molecule has 1 aromatic carbocycles. The fourth-order valence-electron chi connectivity index (χ4n) is 3.74. The molecule has 0 radical (unpaired) electrons. The Kier molecular flexibility index (Phi) is 4.84. The smallest absolute Gasteiger partial charge is 0.177 e. The molecule has 8 heteroatoms. The molecule has 0 bridgehead atoms. The van der Waals surface area contributed by atoms with Crippen LogP contribution in [0.4, 0.5) is 5.69 Å². The van der Waals surface area contributed by atoms with E-state index in [1.807, 2.05) is 48.1 Å². The summed E-state index contributed by atoms with van der Waals surface area (Å²) in [6.07, 6.45) is 4.50. The van der Waals surface area contributed by atoms with Crippen LogP contribution >= 0.6 is 0 Å². The fourth-order valence-corrected chi connectivity index (χ4v) is 3.74. The Hall–Kier alpha value is -3.39. The van der Waals surface area contributed by atoms with Crippen molar-refractivity contribution in [3.8, 4) is 11.4 Å². The maximum absolute atomic E-state index is 4.63. The number of fused-ring (bicyclic) bond motifs is 1. The summed E-state index contributed by atoms with van der Waals surface area (Å²) in [4.78, 5) is 13.9. The number of anilines is 1. The molecule has 8 nitrogen and oxygen atoms in total. The van der Waals surface area contributed by atoms with Gasteiger partial charge in [0.25, 0.3) is 0 Å². The molecule has 0 aliphatic carbocycles. The minimum atomic E-state index is 0.644. The number of aromatic nitrogens is 6. The van der Waals surface area contributed by atoms with Gasteiger partial charge in [-0.15, -0.1) is 10.2 Å². The average Bonchev–Trinajstić information content (AvgIpc) is 3.16. The molecule has 0 amide bonds. The van der Waals surface area contributed by atoms with Crippen molar-refractivity contribution >= 4 is 11.3 Å². The third-order valence-corrected chi connectivity index (χ3v) is 5.51. The zero-order chi connectivity index (χ0) is 20.5. The second-order valence-electron chi connectivity index (χ2n) is 7.79. The largest absolute Gasteiger partial charge is 0.366 e. The lowest BCUT2D eigenvalue weighted by Crippen LogP contribution is -2.44. The summed E-state index contributed by atoms with van der Waals surface area (Å²) in [6.45, 7) is 6.11. The first-order chi connectivity index (χ1) is 14.7. The van der Waals surface area contributed by atoms with Gasteiger partial charge in [-0.3, -0.25) is 0 Å². The Morgan fingerprint density at radius 3 is 2.53 bits per heavy atom. The predicted octanol–water partition coefficient (Wildman–Crippen LogP) is 2.23. The van der Waals surface area contributed by atoms with Crippen LogP contribution in [0.5, 0.6) is 0 Å². The Labute approximate surface area is 175 Å². The Balaban J connectivity index is 1.36. The van der Waals surface area contributed by atoms with Crippen LogP contribution in [0.3, 0.4) is 0 Å². The monoisotopic (exact) mass is 400 g/mol. The number of nitrogens with zero attached hydrogens (tertiary/aromatic N) is 8. The van der Waals surface area contributed by atoms with E-state index in [0.717, 1.165) is 66.0 Å². The molecule has 5 rings (SSSR count). The molecule has 0 atom stereocenters. The van der Waals surface area contributed by atoms with Crippen LogP contribution in [0.25, 0.3) is 17.0 Å². The summed E-state index contributed by atoms with van der Waals surface area (Å²) >= 11 is 0. The molecule has 0 spiro atoms. The van der Waals surface area contributed by atoms with Crippen molar-refractivity contribution in [2.45, 2.75) is 13.3 Å². The first-order valence-corrected chi connectivity index (χ1v) is 10.2. The second kappa shape index (κ2) is 7.79. The highest BCUT2D eigenvalue weighted by Gasteiger charge is 2.15. The van der Waals surface area contributed by atoms with Gasteiger partial charge in [-0.05, 0) is 37.7 Å². The lowest BCUT2D eigenvalue weighted by atomic mass is 10.1. The molecule has 0 saturated carbocycles. The van der Waals surface area contributed by atoms with Crippen molar-refractivity contribution in [3.05, 3.63) is 65.9 Å². The van der Waals surface area contributed by atoms with Crippen LogP contribution in [-0.2, 0) is 6.42 Å². The van der Waals surface area contributed by atoms with Crippen molar-refractivity contribution in [1.82, 2.24) is 34.7 Å². The molecular weight excluding hydrogens is 376 g/mol. The first-order valence-electron chi connectivity index (χ1n) is 10.2. The second-order valence-corrected chi connectivity index (χ2v) is 7.79. The van der Waals surface area contributed by atoms with Gasteiger partial charge in [0.05, 0.1) is 23.8 Å². The lowest BCUT2D eigenvalue weighted by molar-refractivity contribution is 0.312. The van der Waals surface area contributed by atoms with Crippen LogP contribution in [0.1, 0.15) is 17.1 Å². The highest BCUT2D eigenvalue weighted by atomic mass is 15.4. The van der Waals surface area contributed by atoms with Gasteiger partial charge >= 0.3 is 0 Å². The van der Waals surface area contributed by atoms with E-state index < -0.39 is 0 Å². The molecule has 152 valence electrons. The van der Waals surface area contributed by atoms with Gasteiger partial charge in [-0.25, -0.2) is 9.97 Å². The van der Waals surface area contributed by atoms with Gasteiger partial charge in [0.1, 0.15) is 0 Å². The molecule has 3 aromatic heterocycles. The van der Waals surface area contributed by atoms with Crippen LogP contribution in [0, 0.1) is 6.92 Å². The minimum absolute atomic E-state index is 0.644. The molecule has 1 fully saturated rings. The molecule has 1 aliphatic rings. The summed E-state index contributed by atoms with van der Waals surface area (Å²) in [7, 11) is 2.16. The minimum Gasteiger partial charge on any atom is -0.366 e. The SMILES string of the molecule is Cc1ccc2nnc(Cc3cccc(-c4ncc(N5CCN(C)CC5)cn4)c3)n2n1. The summed E-state index contributed by atoms with van der Waals surface area (Å²) in [5.41, 5.74) is 4.90. The normalized spacial score (nSPS) is 15.1. The van der Waals surface area contributed by atoms with Crippen LogP contribution < -0.4 is 4.90 Å². The Morgan fingerprint density at radius 2 is 1.73 bits per heavy atom. The van der Waals surface area contributed by atoms with Gasteiger partial charge in [0, 0.05) is 38.2 Å². The zero-order valence-electron chi connectivity index (χ0n) is 17.2. The number of aryl methyl sites for hydroxylation is 1. The summed E-state index contributed by atoms with van der Waals surface area (Å²) in [5, 5.41) is 13.1. The standard InChI is InChI=1S/C22H24N8/c1-16-6-7-20-25-26-21(30(20)27-16)13-17-4-3-5-18(12-17)22-23-14-19(15-24-22)29-10-8-28(2)9-11-29/h3-7,12,14-15H,8-11,13H2,1-2H3. The van der Waals surface area contributed by atoms with E-state index >= 15 is 0 Å². The lowest BCUT2D eigenvalue weighted by Gasteiger charge is -2.33. The first kappa shape index (κ1) is 18.6. The Morgan fingerprint density at radius 1 is 0.933 bits per heavy atom. The van der Waals surface area contributed by atoms with E-state index in [4.69, 9.17) is 0 Å². The molecule has 4 aromatic rings.